The number of nitrogens with two attached hydrogens (primary N) is 1. The minimum Gasteiger partial charge on any atom is -0.354 e. The molecule has 1 rings (SSSR count). The van der Waals surface area contributed by atoms with Gasteiger partial charge in [0.15, 0.2) is 6.29 Å². The van der Waals surface area contributed by atoms with Gasteiger partial charge in [0.25, 0.3) is 0 Å². The van der Waals surface area contributed by atoms with Crippen LogP contribution >= 0.6 is 0 Å². The summed E-state index contributed by atoms with van der Waals surface area (Å²) in [6.07, 6.45) is -0.473. The zero-order chi connectivity index (χ0) is 15.1. The van der Waals surface area contributed by atoms with Crippen molar-refractivity contribution in [2.75, 3.05) is 14.2 Å². The van der Waals surface area contributed by atoms with E-state index in [0.29, 0.717) is 0 Å². The first kappa shape index (κ1) is 16.6. The molecule has 0 spiro atoms. The standard InChI is InChI=1S/C15H24N2O3/c1-10(13(16)12-8-6-5-7-9-12)14(18)17-11(2)15(19-3)20-4/h5-11,13,15H,16H2,1-4H3,(H,17,18). The minimum atomic E-state index is -0.473. The lowest BCUT2D eigenvalue weighted by atomic mass is 9.94. The van der Waals surface area contributed by atoms with Crippen molar-refractivity contribution >= 4 is 5.91 Å². The second-order valence-corrected chi connectivity index (χ2v) is 4.86. The fourth-order valence-electron chi connectivity index (χ4n) is 2.06. The van der Waals surface area contributed by atoms with Gasteiger partial charge >= 0.3 is 0 Å². The van der Waals surface area contributed by atoms with Gasteiger partial charge in [-0.15, -0.1) is 0 Å². The van der Waals surface area contributed by atoms with Crippen molar-refractivity contribution in [3.05, 3.63) is 35.9 Å². The maximum absolute atomic E-state index is 12.2. The van der Waals surface area contributed by atoms with Crippen molar-refractivity contribution in [3.8, 4) is 0 Å². The molecule has 0 fully saturated rings. The number of nitrogens with one attached hydrogen (secondary N) is 1. The van der Waals surface area contributed by atoms with Crippen molar-refractivity contribution < 1.29 is 14.3 Å². The van der Waals surface area contributed by atoms with E-state index in [-0.39, 0.29) is 23.9 Å². The number of hydrogen-bond donors (Lipinski definition) is 2. The van der Waals surface area contributed by atoms with Crippen LogP contribution in [0.25, 0.3) is 0 Å². The Morgan fingerprint density at radius 1 is 1.15 bits per heavy atom. The number of benzene rings is 1. The van der Waals surface area contributed by atoms with Gasteiger partial charge in [0.2, 0.25) is 5.91 Å². The highest BCUT2D eigenvalue weighted by atomic mass is 16.7. The molecule has 0 heterocycles. The van der Waals surface area contributed by atoms with Gasteiger partial charge < -0.3 is 20.5 Å². The largest absolute Gasteiger partial charge is 0.354 e. The Hall–Kier alpha value is -1.43. The molecule has 1 amide bonds. The molecule has 3 atom stereocenters. The van der Waals surface area contributed by atoms with Crippen LogP contribution in [0.5, 0.6) is 0 Å². The van der Waals surface area contributed by atoms with Crippen molar-refractivity contribution in [1.82, 2.24) is 5.32 Å². The van der Waals surface area contributed by atoms with Crippen molar-refractivity contribution in [2.24, 2.45) is 11.7 Å². The van der Waals surface area contributed by atoms with Gasteiger partial charge in [0.05, 0.1) is 12.0 Å². The summed E-state index contributed by atoms with van der Waals surface area (Å²) >= 11 is 0. The first-order chi connectivity index (χ1) is 9.51. The summed E-state index contributed by atoms with van der Waals surface area (Å²) in [6, 6.07) is 9.00. The number of rotatable bonds is 7. The third kappa shape index (κ3) is 4.30. The first-order valence-corrected chi connectivity index (χ1v) is 6.67. The van der Waals surface area contributed by atoms with Crippen molar-refractivity contribution in [1.29, 1.82) is 0 Å². The lowest BCUT2D eigenvalue weighted by Gasteiger charge is -2.25. The summed E-state index contributed by atoms with van der Waals surface area (Å²) in [7, 11) is 3.08. The molecule has 0 bridgehead atoms. The molecule has 3 unspecified atom stereocenters. The normalized spacial score (nSPS) is 15.7. The Labute approximate surface area is 120 Å². The summed E-state index contributed by atoms with van der Waals surface area (Å²) in [6.45, 7) is 3.64. The summed E-state index contributed by atoms with van der Waals surface area (Å²) in [5.41, 5.74) is 7.08. The Morgan fingerprint density at radius 2 is 1.70 bits per heavy atom. The van der Waals surface area contributed by atoms with E-state index in [1.165, 1.54) is 14.2 Å². The van der Waals surface area contributed by atoms with Crippen LogP contribution in [-0.2, 0) is 14.3 Å². The lowest BCUT2D eigenvalue weighted by Crippen LogP contribution is -2.46. The molecule has 0 aliphatic rings. The van der Waals surface area contributed by atoms with Crippen LogP contribution in [0.15, 0.2) is 30.3 Å². The average molecular weight is 280 g/mol. The quantitative estimate of drug-likeness (QED) is 0.741. The van der Waals surface area contributed by atoms with Gasteiger partial charge in [-0.25, -0.2) is 0 Å². The summed E-state index contributed by atoms with van der Waals surface area (Å²) in [5, 5.41) is 2.86. The number of carbonyl (C=O) groups excluding carboxylic acids is 1. The van der Waals surface area contributed by atoms with E-state index in [1.54, 1.807) is 0 Å². The third-order valence-electron chi connectivity index (χ3n) is 3.38. The lowest BCUT2D eigenvalue weighted by molar-refractivity contribution is -0.138. The molecule has 0 aliphatic heterocycles. The van der Waals surface area contributed by atoms with E-state index >= 15 is 0 Å². The highest BCUT2D eigenvalue weighted by molar-refractivity contribution is 5.79. The van der Waals surface area contributed by atoms with Crippen molar-refractivity contribution in [3.63, 3.8) is 0 Å². The molecule has 5 heteroatoms. The fraction of sp³-hybridized carbons (Fsp3) is 0.533. The predicted octanol–water partition coefficient (Wildman–Crippen LogP) is 1.45. The SMILES string of the molecule is COC(OC)C(C)NC(=O)C(C)C(N)c1ccccc1. The van der Waals surface area contributed by atoms with Crippen molar-refractivity contribution in [2.45, 2.75) is 32.2 Å². The molecular weight excluding hydrogens is 256 g/mol. The fourth-order valence-corrected chi connectivity index (χ4v) is 2.06. The van der Waals surface area contributed by atoms with E-state index in [2.05, 4.69) is 5.32 Å². The van der Waals surface area contributed by atoms with Crippen LogP contribution in [0.2, 0.25) is 0 Å². The Kier molecular flexibility index (Phi) is 6.64. The monoisotopic (exact) mass is 280 g/mol. The molecule has 112 valence electrons. The van der Waals surface area contributed by atoms with Gasteiger partial charge in [-0.3, -0.25) is 4.79 Å². The highest BCUT2D eigenvalue weighted by Gasteiger charge is 2.25. The first-order valence-electron chi connectivity index (χ1n) is 6.67. The molecule has 5 nitrogen and oxygen atoms in total. The number of hydrogen-bond acceptors (Lipinski definition) is 4. The molecule has 1 aromatic rings. The Balaban J connectivity index is 2.63. The second-order valence-electron chi connectivity index (χ2n) is 4.86. The van der Waals surface area contributed by atoms with Crippen LogP contribution in [0.1, 0.15) is 25.5 Å². The van der Waals surface area contributed by atoms with Gasteiger partial charge in [-0.05, 0) is 12.5 Å². The maximum atomic E-state index is 12.2. The molecule has 0 aromatic heterocycles. The molecule has 3 N–H and O–H groups in total. The van der Waals surface area contributed by atoms with Crippen LogP contribution in [-0.4, -0.2) is 32.5 Å². The van der Waals surface area contributed by atoms with Crippen LogP contribution < -0.4 is 11.1 Å². The number of methoxy groups -OCH3 is 2. The Morgan fingerprint density at radius 3 is 2.20 bits per heavy atom. The smallest absolute Gasteiger partial charge is 0.225 e. The predicted molar refractivity (Wildman–Crippen MR) is 77.9 cm³/mol. The van der Waals surface area contributed by atoms with E-state index in [4.69, 9.17) is 15.2 Å². The van der Waals surface area contributed by atoms with E-state index in [9.17, 15) is 4.79 Å². The number of ether oxygens (including phenoxy) is 2. The second kappa shape index (κ2) is 7.99. The van der Waals surface area contributed by atoms with E-state index < -0.39 is 6.29 Å². The van der Waals surface area contributed by atoms with E-state index in [0.717, 1.165) is 5.56 Å². The summed E-state index contributed by atoms with van der Waals surface area (Å²) in [4.78, 5) is 12.2. The van der Waals surface area contributed by atoms with Crippen LogP contribution in [0.4, 0.5) is 0 Å². The van der Waals surface area contributed by atoms with Crippen LogP contribution in [0, 0.1) is 5.92 Å². The zero-order valence-electron chi connectivity index (χ0n) is 12.5. The third-order valence-corrected chi connectivity index (χ3v) is 3.38. The maximum Gasteiger partial charge on any atom is 0.225 e. The minimum absolute atomic E-state index is 0.118. The van der Waals surface area contributed by atoms with Gasteiger partial charge in [-0.2, -0.15) is 0 Å². The number of carbonyl (C=O) groups is 1. The topological polar surface area (TPSA) is 73.6 Å². The molecule has 1 aromatic carbocycles. The summed E-state index contributed by atoms with van der Waals surface area (Å²) < 4.78 is 10.2. The molecule has 0 radical (unpaired) electrons. The molecule has 0 aliphatic carbocycles. The molecular formula is C15H24N2O3. The summed E-state index contributed by atoms with van der Waals surface area (Å²) in [5.74, 6) is -0.456. The molecule has 0 saturated carbocycles. The van der Waals surface area contributed by atoms with Crippen LogP contribution in [0.3, 0.4) is 0 Å². The average Bonchev–Trinajstić information content (AvgIpc) is 2.47. The molecule has 0 saturated heterocycles. The Bertz CT molecular complexity index is 407. The van der Waals surface area contributed by atoms with Gasteiger partial charge in [-0.1, -0.05) is 37.3 Å². The zero-order valence-corrected chi connectivity index (χ0v) is 12.5. The highest BCUT2D eigenvalue weighted by Crippen LogP contribution is 2.19. The van der Waals surface area contributed by atoms with Gasteiger partial charge in [0.1, 0.15) is 0 Å². The van der Waals surface area contributed by atoms with E-state index in [1.807, 2.05) is 44.2 Å². The van der Waals surface area contributed by atoms with Gasteiger partial charge in [0, 0.05) is 20.3 Å². The molecule has 20 heavy (non-hydrogen) atoms. The number of amides is 1.